The van der Waals surface area contributed by atoms with Crippen LogP contribution in [0.3, 0.4) is 0 Å². The molecule has 0 aromatic rings. The second-order valence-electron chi connectivity index (χ2n) is 4.59. The van der Waals surface area contributed by atoms with E-state index >= 15 is 0 Å². The number of amides is 1. The molecule has 0 aromatic carbocycles. The molecule has 7 heteroatoms. The Balaban J connectivity index is 4.65. The van der Waals surface area contributed by atoms with E-state index < -0.39 is 5.97 Å². The molecule has 0 aliphatic carbocycles. The Morgan fingerprint density at radius 1 is 1.10 bits per heavy atom. The van der Waals surface area contributed by atoms with Crippen molar-refractivity contribution in [2.75, 3.05) is 26.2 Å². The summed E-state index contributed by atoms with van der Waals surface area (Å²) in [4.78, 5) is 25.9. The Kier molecular flexibility index (Phi) is 8.73. The van der Waals surface area contributed by atoms with Crippen LogP contribution in [0.5, 0.6) is 0 Å². The minimum absolute atomic E-state index is 0.0270. The van der Waals surface area contributed by atoms with Crippen molar-refractivity contribution >= 4 is 11.9 Å². The molecule has 7 nitrogen and oxygen atoms in total. The van der Waals surface area contributed by atoms with Gasteiger partial charge in [0, 0.05) is 19.1 Å². The van der Waals surface area contributed by atoms with Crippen molar-refractivity contribution in [2.45, 2.75) is 32.7 Å². The van der Waals surface area contributed by atoms with Gasteiger partial charge in [-0.3, -0.25) is 14.5 Å². The van der Waals surface area contributed by atoms with Crippen LogP contribution in [0, 0.1) is 22.7 Å². The molecule has 0 atom stereocenters. The van der Waals surface area contributed by atoms with Gasteiger partial charge in [-0.15, -0.1) is 0 Å². The summed E-state index contributed by atoms with van der Waals surface area (Å²) in [5.74, 6) is -1.25. The highest BCUT2D eigenvalue weighted by molar-refractivity contribution is 5.79. The van der Waals surface area contributed by atoms with Crippen LogP contribution in [0.2, 0.25) is 0 Å². The van der Waals surface area contributed by atoms with E-state index in [9.17, 15) is 9.59 Å². The molecule has 0 radical (unpaired) electrons. The smallest absolute Gasteiger partial charge is 0.317 e. The maximum atomic E-state index is 12.1. The van der Waals surface area contributed by atoms with Crippen molar-refractivity contribution in [1.82, 2.24) is 9.80 Å². The normalized spacial score (nSPS) is 10.1. The molecule has 0 unspecified atom stereocenters. The van der Waals surface area contributed by atoms with Crippen LogP contribution in [0.25, 0.3) is 0 Å². The average molecular weight is 280 g/mol. The highest BCUT2D eigenvalue weighted by Gasteiger charge is 2.20. The fraction of sp³-hybridized carbons (Fsp3) is 0.692. The Labute approximate surface area is 119 Å². The van der Waals surface area contributed by atoms with Gasteiger partial charge in [0.25, 0.3) is 0 Å². The van der Waals surface area contributed by atoms with E-state index in [0.717, 1.165) is 0 Å². The Morgan fingerprint density at radius 3 is 1.95 bits per heavy atom. The van der Waals surface area contributed by atoms with E-state index in [2.05, 4.69) is 0 Å². The summed E-state index contributed by atoms with van der Waals surface area (Å²) in [6.45, 7) is 3.90. The monoisotopic (exact) mass is 280 g/mol. The summed E-state index contributed by atoms with van der Waals surface area (Å²) in [6.07, 6.45) is 0.384. The van der Waals surface area contributed by atoms with Crippen molar-refractivity contribution in [3.63, 3.8) is 0 Å². The van der Waals surface area contributed by atoms with Crippen molar-refractivity contribution < 1.29 is 14.7 Å². The van der Waals surface area contributed by atoms with Crippen LogP contribution in [-0.4, -0.2) is 59.0 Å². The molecule has 0 rings (SSSR count). The SMILES string of the molecule is CC(C)N(CC(=O)O)CC(=O)N(CCC#N)CCC#N. The number of aliphatic carboxylic acids is 1. The van der Waals surface area contributed by atoms with E-state index in [4.69, 9.17) is 15.6 Å². The topological polar surface area (TPSA) is 108 Å². The Morgan fingerprint density at radius 2 is 1.60 bits per heavy atom. The third-order valence-corrected chi connectivity index (χ3v) is 2.75. The van der Waals surface area contributed by atoms with Gasteiger partial charge in [-0.1, -0.05) is 0 Å². The largest absolute Gasteiger partial charge is 0.480 e. The van der Waals surface area contributed by atoms with Crippen molar-refractivity contribution in [2.24, 2.45) is 0 Å². The van der Waals surface area contributed by atoms with Crippen molar-refractivity contribution in [3.8, 4) is 12.1 Å². The number of hydrogen-bond acceptors (Lipinski definition) is 5. The van der Waals surface area contributed by atoms with Gasteiger partial charge >= 0.3 is 5.97 Å². The number of nitriles is 2. The number of nitrogens with zero attached hydrogens (tertiary/aromatic N) is 4. The van der Waals surface area contributed by atoms with Gasteiger partial charge in [-0.25, -0.2) is 0 Å². The Hall–Kier alpha value is -2.12. The zero-order valence-corrected chi connectivity index (χ0v) is 11.9. The van der Waals surface area contributed by atoms with E-state index in [0.29, 0.717) is 0 Å². The fourth-order valence-electron chi connectivity index (χ4n) is 1.60. The first-order valence-corrected chi connectivity index (χ1v) is 6.39. The zero-order valence-electron chi connectivity index (χ0n) is 11.9. The lowest BCUT2D eigenvalue weighted by atomic mass is 10.2. The molecular formula is C13H20N4O3. The van der Waals surface area contributed by atoms with Crippen molar-refractivity contribution in [1.29, 1.82) is 10.5 Å². The van der Waals surface area contributed by atoms with Crippen LogP contribution in [-0.2, 0) is 9.59 Å². The summed E-state index contributed by atoms with van der Waals surface area (Å²) in [5, 5.41) is 26.0. The summed E-state index contributed by atoms with van der Waals surface area (Å²) >= 11 is 0. The van der Waals surface area contributed by atoms with Gasteiger partial charge in [0.1, 0.15) is 0 Å². The van der Waals surface area contributed by atoms with Crippen LogP contribution >= 0.6 is 0 Å². The van der Waals surface area contributed by atoms with Crippen LogP contribution in [0.1, 0.15) is 26.7 Å². The molecule has 1 amide bonds. The van der Waals surface area contributed by atoms with E-state index in [-0.39, 0.29) is 51.0 Å². The first-order valence-electron chi connectivity index (χ1n) is 6.39. The molecule has 110 valence electrons. The molecule has 0 aromatic heterocycles. The van der Waals surface area contributed by atoms with Crippen LogP contribution in [0.15, 0.2) is 0 Å². The fourth-order valence-corrected chi connectivity index (χ4v) is 1.60. The molecule has 0 saturated carbocycles. The second kappa shape index (κ2) is 9.76. The quantitative estimate of drug-likeness (QED) is 0.656. The summed E-state index contributed by atoms with van der Waals surface area (Å²) in [6, 6.07) is 3.83. The van der Waals surface area contributed by atoms with Gasteiger partial charge < -0.3 is 10.0 Å². The molecule has 20 heavy (non-hydrogen) atoms. The second-order valence-corrected chi connectivity index (χ2v) is 4.59. The van der Waals surface area contributed by atoms with E-state index in [1.807, 2.05) is 26.0 Å². The van der Waals surface area contributed by atoms with Gasteiger partial charge in [0.2, 0.25) is 5.91 Å². The lowest BCUT2D eigenvalue weighted by molar-refractivity contribution is -0.140. The third-order valence-electron chi connectivity index (χ3n) is 2.75. The molecule has 0 aliphatic rings. The number of carbonyl (C=O) groups is 2. The van der Waals surface area contributed by atoms with Crippen LogP contribution in [0.4, 0.5) is 0 Å². The standard InChI is InChI=1S/C13H20N4O3/c1-11(2)17(10-13(19)20)9-12(18)16(7-3-5-14)8-4-6-15/h11H,3-4,7-10H2,1-2H3,(H,19,20). The highest BCUT2D eigenvalue weighted by Crippen LogP contribution is 2.02. The van der Waals surface area contributed by atoms with Gasteiger partial charge in [-0.05, 0) is 13.8 Å². The Bertz CT molecular complexity index is 391. The molecule has 1 N–H and O–H groups in total. The van der Waals surface area contributed by atoms with Gasteiger partial charge in [0.05, 0.1) is 38.1 Å². The number of rotatable bonds is 9. The predicted molar refractivity (Wildman–Crippen MR) is 71.4 cm³/mol. The third kappa shape index (κ3) is 7.34. The molecular weight excluding hydrogens is 260 g/mol. The van der Waals surface area contributed by atoms with Gasteiger partial charge in [-0.2, -0.15) is 10.5 Å². The number of carboxylic acids is 1. The number of carboxylic acid groups (broad SMARTS) is 1. The predicted octanol–water partition coefficient (Wildman–Crippen LogP) is 0.437. The summed E-state index contributed by atoms with van der Waals surface area (Å²) < 4.78 is 0. The molecule has 0 aliphatic heterocycles. The lowest BCUT2D eigenvalue weighted by Gasteiger charge is -2.28. The highest BCUT2D eigenvalue weighted by atomic mass is 16.4. The first-order chi connectivity index (χ1) is 9.42. The van der Waals surface area contributed by atoms with Crippen LogP contribution < -0.4 is 0 Å². The summed E-state index contributed by atoms with van der Waals surface area (Å²) in [7, 11) is 0. The molecule has 0 saturated heterocycles. The average Bonchev–Trinajstić information content (AvgIpc) is 2.37. The number of carbonyl (C=O) groups excluding carboxylic acids is 1. The maximum absolute atomic E-state index is 12.1. The van der Waals surface area contributed by atoms with E-state index in [1.54, 1.807) is 0 Å². The number of hydrogen-bond donors (Lipinski definition) is 1. The molecule has 0 bridgehead atoms. The minimum Gasteiger partial charge on any atom is -0.480 e. The molecule has 0 spiro atoms. The van der Waals surface area contributed by atoms with E-state index in [1.165, 1.54) is 9.80 Å². The molecule has 0 heterocycles. The van der Waals surface area contributed by atoms with Crippen molar-refractivity contribution in [3.05, 3.63) is 0 Å². The summed E-state index contributed by atoms with van der Waals surface area (Å²) in [5.41, 5.74) is 0. The zero-order chi connectivity index (χ0) is 15.5. The minimum atomic E-state index is -0.993. The van der Waals surface area contributed by atoms with Gasteiger partial charge in [0.15, 0.2) is 0 Å². The maximum Gasteiger partial charge on any atom is 0.317 e. The molecule has 0 fully saturated rings. The first kappa shape index (κ1) is 17.9. The lowest BCUT2D eigenvalue weighted by Crippen LogP contribution is -2.45.